The fraction of sp³-hybridized carbons (Fsp3) is 0.421. The second-order valence-electron chi connectivity index (χ2n) is 7.68. The highest BCUT2D eigenvalue weighted by molar-refractivity contribution is 7.93. The molecule has 10 nitrogen and oxygen atoms in total. The number of rotatable bonds is 9. The molecule has 0 atom stereocenters. The number of azide groups is 1. The second kappa shape index (κ2) is 10.3. The van der Waals surface area contributed by atoms with Crippen LogP contribution in [0.4, 0.5) is 4.79 Å². The summed E-state index contributed by atoms with van der Waals surface area (Å²) in [6.45, 7) is 5.39. The molecule has 2 aromatic rings. The molecule has 2 rings (SSSR count). The molecule has 0 aliphatic heterocycles. The lowest BCUT2D eigenvalue weighted by Gasteiger charge is -2.19. The van der Waals surface area contributed by atoms with Crippen LogP contribution in [0.15, 0.2) is 55.5 Å². The fourth-order valence-corrected chi connectivity index (χ4v) is 6.49. The average molecular weight is 501 g/mol. The molecule has 0 aliphatic carbocycles. The van der Waals surface area contributed by atoms with E-state index in [0.29, 0.717) is 4.88 Å². The highest BCUT2D eigenvalue weighted by Gasteiger charge is 2.22. The minimum atomic E-state index is -3.85. The zero-order chi connectivity index (χ0) is 24.0. The van der Waals surface area contributed by atoms with Gasteiger partial charge in [-0.3, -0.25) is 0 Å². The van der Waals surface area contributed by atoms with Crippen LogP contribution in [-0.4, -0.2) is 40.8 Å². The number of hydrogen-bond acceptors (Lipinski definition) is 8. The zero-order valence-corrected chi connectivity index (χ0v) is 20.3. The van der Waals surface area contributed by atoms with Gasteiger partial charge in [0.2, 0.25) is 9.84 Å². The van der Waals surface area contributed by atoms with Gasteiger partial charge in [0.15, 0.2) is 9.84 Å². The lowest BCUT2D eigenvalue weighted by Crippen LogP contribution is -2.31. The third-order valence-electron chi connectivity index (χ3n) is 3.94. The summed E-state index contributed by atoms with van der Waals surface area (Å²) in [7, 11) is -7.47. The van der Waals surface area contributed by atoms with E-state index >= 15 is 0 Å². The number of benzene rings is 1. The normalized spacial score (nSPS) is 12.1. The van der Waals surface area contributed by atoms with E-state index in [1.807, 2.05) is 0 Å². The third-order valence-corrected chi connectivity index (χ3v) is 9.10. The van der Waals surface area contributed by atoms with Crippen molar-refractivity contribution in [3.63, 3.8) is 0 Å². The Balaban J connectivity index is 2.09. The molecule has 0 radical (unpaired) electrons. The van der Waals surface area contributed by atoms with E-state index in [0.717, 1.165) is 11.3 Å². The summed E-state index contributed by atoms with van der Waals surface area (Å²) in [5.74, 6) is -0.211. The van der Waals surface area contributed by atoms with Gasteiger partial charge in [0.05, 0.1) is 22.1 Å². The SMILES string of the molecule is CC(C)(C)OC(=O)NCc1ccc(S(=O)(=O)c2ccc(S(=O)(=O)CCCN=[N+]=[N-])cc2)s1. The molecule has 1 N–H and O–H groups in total. The van der Waals surface area contributed by atoms with Crippen molar-refractivity contribution in [1.82, 2.24) is 5.32 Å². The molecule has 13 heteroatoms. The predicted molar refractivity (Wildman–Crippen MR) is 120 cm³/mol. The highest BCUT2D eigenvalue weighted by Crippen LogP contribution is 2.28. The molecule has 0 aliphatic rings. The summed E-state index contributed by atoms with van der Waals surface area (Å²) in [5.41, 5.74) is 7.60. The third kappa shape index (κ3) is 7.23. The van der Waals surface area contributed by atoms with Crippen LogP contribution in [0.2, 0.25) is 0 Å². The first-order chi connectivity index (χ1) is 14.8. The van der Waals surface area contributed by atoms with Gasteiger partial charge < -0.3 is 10.1 Å². The van der Waals surface area contributed by atoms with Crippen molar-refractivity contribution in [1.29, 1.82) is 0 Å². The molecular weight excluding hydrogens is 476 g/mol. The van der Waals surface area contributed by atoms with Gasteiger partial charge in [-0.1, -0.05) is 5.11 Å². The van der Waals surface area contributed by atoms with Crippen LogP contribution in [0.25, 0.3) is 10.4 Å². The number of ether oxygens (including phenoxy) is 1. The topological polar surface area (TPSA) is 155 Å². The molecule has 1 amide bonds. The maximum absolute atomic E-state index is 12.9. The van der Waals surface area contributed by atoms with Crippen molar-refractivity contribution in [2.24, 2.45) is 5.11 Å². The Morgan fingerprint density at radius 3 is 2.31 bits per heavy atom. The van der Waals surface area contributed by atoms with Gasteiger partial charge in [-0.15, -0.1) is 11.3 Å². The van der Waals surface area contributed by atoms with Crippen LogP contribution in [0.5, 0.6) is 0 Å². The first-order valence-corrected chi connectivity index (χ1v) is 13.4. The number of sulfone groups is 2. The Bertz CT molecular complexity index is 1210. The first-order valence-electron chi connectivity index (χ1n) is 9.49. The van der Waals surface area contributed by atoms with Gasteiger partial charge in [-0.2, -0.15) is 0 Å². The molecule has 174 valence electrons. The van der Waals surface area contributed by atoms with E-state index < -0.39 is 31.4 Å². The lowest BCUT2D eigenvalue weighted by molar-refractivity contribution is 0.0524. The van der Waals surface area contributed by atoms with Crippen molar-refractivity contribution < 1.29 is 26.4 Å². The largest absolute Gasteiger partial charge is 0.444 e. The Hall–Kier alpha value is -2.60. The summed E-state index contributed by atoms with van der Waals surface area (Å²) < 4.78 is 55.6. The lowest BCUT2D eigenvalue weighted by atomic mass is 10.2. The van der Waals surface area contributed by atoms with Crippen LogP contribution in [0.1, 0.15) is 32.1 Å². The van der Waals surface area contributed by atoms with Crippen molar-refractivity contribution >= 4 is 37.1 Å². The number of carbonyl (C=O) groups is 1. The molecule has 0 fully saturated rings. The van der Waals surface area contributed by atoms with Gasteiger partial charge in [-0.05, 0) is 69.1 Å². The van der Waals surface area contributed by atoms with E-state index in [2.05, 4.69) is 15.3 Å². The van der Waals surface area contributed by atoms with Crippen LogP contribution in [-0.2, 0) is 31.0 Å². The van der Waals surface area contributed by atoms with E-state index in [9.17, 15) is 21.6 Å². The van der Waals surface area contributed by atoms with Crippen LogP contribution in [0.3, 0.4) is 0 Å². The molecule has 1 heterocycles. The summed E-state index contributed by atoms with van der Waals surface area (Å²) in [6.07, 6.45) is -0.437. The van der Waals surface area contributed by atoms with Crippen molar-refractivity contribution in [2.45, 2.75) is 53.3 Å². The molecule has 0 saturated heterocycles. The smallest absolute Gasteiger partial charge is 0.407 e. The first kappa shape index (κ1) is 25.7. The molecule has 1 aromatic carbocycles. The maximum Gasteiger partial charge on any atom is 0.407 e. The average Bonchev–Trinajstić information content (AvgIpc) is 3.18. The van der Waals surface area contributed by atoms with Crippen LogP contribution >= 0.6 is 11.3 Å². The number of carbonyl (C=O) groups excluding carboxylic acids is 1. The van der Waals surface area contributed by atoms with E-state index in [-0.39, 0.29) is 39.3 Å². The van der Waals surface area contributed by atoms with Gasteiger partial charge in [-0.25, -0.2) is 21.6 Å². The summed E-state index contributed by atoms with van der Waals surface area (Å²) in [6, 6.07) is 8.01. The van der Waals surface area contributed by atoms with E-state index in [1.54, 1.807) is 26.8 Å². The van der Waals surface area contributed by atoms with Crippen molar-refractivity contribution in [3.05, 3.63) is 51.7 Å². The Morgan fingerprint density at radius 1 is 1.09 bits per heavy atom. The summed E-state index contributed by atoms with van der Waals surface area (Å²) in [4.78, 5) is 14.9. The standard InChI is InChI=1S/C19H24N4O6S3/c1-19(2,3)29-18(24)21-13-14-5-10-17(30-14)32(27,28)16-8-6-15(7-9-16)31(25,26)12-4-11-22-23-20/h5-10H,4,11-13H2,1-3H3,(H,21,24). The van der Waals surface area contributed by atoms with E-state index in [1.165, 1.54) is 30.3 Å². The molecule has 0 spiro atoms. The quantitative estimate of drug-likeness (QED) is 0.237. The molecular formula is C19H24N4O6S3. The molecule has 32 heavy (non-hydrogen) atoms. The van der Waals surface area contributed by atoms with Gasteiger partial charge >= 0.3 is 6.09 Å². The maximum atomic E-state index is 12.9. The predicted octanol–water partition coefficient (Wildman–Crippen LogP) is 4.08. The van der Waals surface area contributed by atoms with Gasteiger partial charge in [0.25, 0.3) is 0 Å². The number of hydrogen-bond donors (Lipinski definition) is 1. The molecule has 1 aromatic heterocycles. The Morgan fingerprint density at radius 2 is 1.72 bits per heavy atom. The van der Waals surface area contributed by atoms with Crippen LogP contribution < -0.4 is 5.32 Å². The highest BCUT2D eigenvalue weighted by atomic mass is 32.2. The number of amides is 1. The Labute approximate surface area is 191 Å². The van der Waals surface area contributed by atoms with Crippen molar-refractivity contribution in [3.8, 4) is 0 Å². The minimum Gasteiger partial charge on any atom is -0.444 e. The molecule has 0 bridgehead atoms. The summed E-state index contributed by atoms with van der Waals surface area (Å²) in [5, 5.41) is 5.87. The fourth-order valence-electron chi connectivity index (χ4n) is 2.50. The molecule has 0 unspecified atom stereocenters. The number of alkyl carbamates (subject to hydrolysis) is 1. The number of nitrogens with one attached hydrogen (secondary N) is 1. The van der Waals surface area contributed by atoms with Crippen LogP contribution in [0, 0.1) is 0 Å². The zero-order valence-electron chi connectivity index (χ0n) is 17.8. The Kier molecular flexibility index (Phi) is 8.29. The molecule has 0 saturated carbocycles. The van der Waals surface area contributed by atoms with Crippen molar-refractivity contribution in [2.75, 3.05) is 12.3 Å². The second-order valence-corrected chi connectivity index (χ2v) is 13.1. The van der Waals surface area contributed by atoms with Gasteiger partial charge in [0.1, 0.15) is 9.81 Å². The van der Waals surface area contributed by atoms with E-state index in [4.69, 9.17) is 10.3 Å². The van der Waals surface area contributed by atoms with Gasteiger partial charge in [0, 0.05) is 16.3 Å². The number of thiophene rings is 1. The monoisotopic (exact) mass is 500 g/mol. The summed E-state index contributed by atoms with van der Waals surface area (Å²) >= 11 is 1.00. The number of nitrogens with zero attached hydrogens (tertiary/aromatic N) is 3. The minimum absolute atomic E-state index is 0.00850.